The van der Waals surface area contributed by atoms with Gasteiger partial charge in [-0.3, -0.25) is 14.9 Å². The Morgan fingerprint density at radius 3 is 2.67 bits per heavy atom. The largest absolute Gasteiger partial charge is 0.481 e. The van der Waals surface area contributed by atoms with E-state index in [0.29, 0.717) is 12.0 Å². The molecule has 6 nitrogen and oxygen atoms in total. The SMILES string of the molecule is Cc1cc([N+](=O)[O-])c(C)cc1NC1CCCC(C(=O)O)C1. The average Bonchev–Trinajstić information content (AvgIpc) is 2.42. The fourth-order valence-electron chi connectivity index (χ4n) is 2.92. The molecule has 1 aliphatic rings. The molecule has 0 spiro atoms. The summed E-state index contributed by atoms with van der Waals surface area (Å²) in [5.74, 6) is -1.03. The van der Waals surface area contributed by atoms with Crippen LogP contribution in [0.4, 0.5) is 11.4 Å². The van der Waals surface area contributed by atoms with Crippen molar-refractivity contribution in [2.75, 3.05) is 5.32 Å². The van der Waals surface area contributed by atoms with Crippen molar-refractivity contribution < 1.29 is 14.8 Å². The number of aliphatic carboxylic acids is 1. The molecule has 1 saturated carbocycles. The van der Waals surface area contributed by atoms with Crippen LogP contribution in [0.2, 0.25) is 0 Å². The molecular formula is C15H20N2O4. The minimum atomic E-state index is -0.738. The highest BCUT2D eigenvalue weighted by molar-refractivity contribution is 5.70. The van der Waals surface area contributed by atoms with Gasteiger partial charge in [-0.1, -0.05) is 6.42 Å². The molecule has 0 bridgehead atoms. The fourth-order valence-corrected chi connectivity index (χ4v) is 2.92. The van der Waals surface area contributed by atoms with Crippen LogP contribution in [0.1, 0.15) is 36.8 Å². The van der Waals surface area contributed by atoms with Crippen LogP contribution in [0, 0.1) is 29.9 Å². The van der Waals surface area contributed by atoms with E-state index in [-0.39, 0.29) is 22.6 Å². The molecule has 1 aromatic carbocycles. The molecule has 0 saturated heterocycles. The monoisotopic (exact) mass is 292 g/mol. The number of carboxylic acids is 1. The zero-order valence-electron chi connectivity index (χ0n) is 12.3. The molecule has 0 heterocycles. The van der Waals surface area contributed by atoms with Gasteiger partial charge in [0.15, 0.2) is 0 Å². The molecular weight excluding hydrogens is 272 g/mol. The first kappa shape index (κ1) is 15.3. The number of benzene rings is 1. The van der Waals surface area contributed by atoms with Gasteiger partial charge in [0, 0.05) is 23.4 Å². The molecule has 0 radical (unpaired) electrons. The standard InChI is InChI=1S/C15H20N2O4/c1-9-7-14(17(20)21)10(2)6-13(9)16-12-5-3-4-11(8-12)15(18)19/h6-7,11-12,16H,3-5,8H2,1-2H3,(H,18,19). The molecule has 2 unspecified atom stereocenters. The van der Waals surface area contributed by atoms with Crippen LogP contribution < -0.4 is 5.32 Å². The van der Waals surface area contributed by atoms with Crippen LogP contribution >= 0.6 is 0 Å². The van der Waals surface area contributed by atoms with Crippen molar-refractivity contribution in [1.29, 1.82) is 0 Å². The van der Waals surface area contributed by atoms with Gasteiger partial charge in [0.05, 0.1) is 10.8 Å². The van der Waals surface area contributed by atoms with Crippen LogP contribution in [-0.2, 0) is 4.79 Å². The zero-order chi connectivity index (χ0) is 15.6. The van der Waals surface area contributed by atoms with Crippen molar-refractivity contribution >= 4 is 17.3 Å². The van der Waals surface area contributed by atoms with Crippen LogP contribution in [0.25, 0.3) is 0 Å². The summed E-state index contributed by atoms with van der Waals surface area (Å²) in [7, 11) is 0. The van der Waals surface area contributed by atoms with E-state index >= 15 is 0 Å². The second kappa shape index (κ2) is 6.11. The second-order valence-corrected chi connectivity index (χ2v) is 5.75. The maximum Gasteiger partial charge on any atom is 0.306 e. The van der Waals surface area contributed by atoms with Crippen LogP contribution in [0.5, 0.6) is 0 Å². The Kier molecular flexibility index (Phi) is 4.45. The Balaban J connectivity index is 2.14. The van der Waals surface area contributed by atoms with Gasteiger partial charge in [-0.05, 0) is 44.7 Å². The van der Waals surface area contributed by atoms with E-state index in [1.165, 1.54) is 0 Å². The summed E-state index contributed by atoms with van der Waals surface area (Å²) in [6.45, 7) is 3.54. The maximum atomic E-state index is 11.1. The molecule has 2 rings (SSSR count). The zero-order valence-corrected chi connectivity index (χ0v) is 12.3. The van der Waals surface area contributed by atoms with Crippen molar-refractivity contribution in [3.8, 4) is 0 Å². The van der Waals surface area contributed by atoms with Crippen molar-refractivity contribution in [2.24, 2.45) is 5.92 Å². The van der Waals surface area contributed by atoms with Crippen LogP contribution in [0.15, 0.2) is 12.1 Å². The summed E-state index contributed by atoms with van der Waals surface area (Å²) in [4.78, 5) is 21.6. The second-order valence-electron chi connectivity index (χ2n) is 5.75. The van der Waals surface area contributed by atoms with Gasteiger partial charge < -0.3 is 10.4 Å². The van der Waals surface area contributed by atoms with Gasteiger partial charge in [0.1, 0.15) is 0 Å². The lowest BCUT2D eigenvalue weighted by molar-refractivity contribution is -0.385. The van der Waals surface area contributed by atoms with Gasteiger partial charge in [0.2, 0.25) is 0 Å². The van der Waals surface area contributed by atoms with Gasteiger partial charge in [-0.2, -0.15) is 0 Å². The van der Waals surface area contributed by atoms with Crippen LogP contribution in [-0.4, -0.2) is 22.0 Å². The quantitative estimate of drug-likeness (QED) is 0.656. The number of hydrogen-bond acceptors (Lipinski definition) is 4. The van der Waals surface area contributed by atoms with Crippen molar-refractivity contribution in [3.05, 3.63) is 33.4 Å². The number of nitrogens with zero attached hydrogens (tertiary/aromatic N) is 1. The van der Waals surface area contributed by atoms with Gasteiger partial charge in [0.25, 0.3) is 5.69 Å². The predicted octanol–water partition coefficient (Wildman–Crippen LogP) is 3.27. The lowest BCUT2D eigenvalue weighted by Crippen LogP contribution is -2.31. The number of nitro groups is 1. The molecule has 21 heavy (non-hydrogen) atoms. The maximum absolute atomic E-state index is 11.1. The van der Waals surface area contributed by atoms with Crippen molar-refractivity contribution in [2.45, 2.75) is 45.6 Å². The summed E-state index contributed by atoms with van der Waals surface area (Å²) in [5.41, 5.74) is 2.39. The highest BCUT2D eigenvalue weighted by atomic mass is 16.6. The van der Waals surface area contributed by atoms with E-state index in [1.807, 2.05) is 6.92 Å². The number of aryl methyl sites for hydroxylation is 2. The summed E-state index contributed by atoms with van der Waals surface area (Å²) in [6, 6.07) is 3.45. The third-order valence-corrected chi connectivity index (χ3v) is 4.12. The molecule has 1 aliphatic carbocycles. The van der Waals surface area contributed by atoms with Gasteiger partial charge in [-0.15, -0.1) is 0 Å². The minimum Gasteiger partial charge on any atom is -0.481 e. The van der Waals surface area contributed by atoms with E-state index in [9.17, 15) is 14.9 Å². The van der Waals surface area contributed by atoms with Crippen molar-refractivity contribution in [3.63, 3.8) is 0 Å². The number of nitrogens with one attached hydrogen (secondary N) is 1. The first-order valence-electron chi connectivity index (χ1n) is 7.13. The summed E-state index contributed by atoms with van der Waals surface area (Å²) < 4.78 is 0. The van der Waals surface area contributed by atoms with Gasteiger partial charge in [-0.25, -0.2) is 0 Å². The number of anilines is 1. The highest BCUT2D eigenvalue weighted by Crippen LogP contribution is 2.30. The molecule has 1 aromatic rings. The number of carbonyl (C=O) groups is 1. The van der Waals surface area contributed by atoms with Crippen LogP contribution in [0.3, 0.4) is 0 Å². The third-order valence-electron chi connectivity index (χ3n) is 4.12. The predicted molar refractivity (Wildman–Crippen MR) is 79.6 cm³/mol. The highest BCUT2D eigenvalue weighted by Gasteiger charge is 2.27. The summed E-state index contributed by atoms with van der Waals surface area (Å²) in [5, 5.41) is 23.4. The molecule has 0 amide bonds. The third kappa shape index (κ3) is 3.51. The van der Waals surface area contributed by atoms with E-state index in [2.05, 4.69) is 5.32 Å². The number of nitro benzene ring substituents is 1. The molecule has 0 aliphatic heterocycles. The molecule has 114 valence electrons. The van der Waals surface area contributed by atoms with E-state index in [4.69, 9.17) is 5.11 Å². The topological polar surface area (TPSA) is 92.5 Å². The number of rotatable bonds is 4. The molecule has 1 fully saturated rings. The normalized spacial score (nSPS) is 21.8. The smallest absolute Gasteiger partial charge is 0.306 e. The van der Waals surface area contributed by atoms with E-state index < -0.39 is 5.97 Å². The summed E-state index contributed by atoms with van der Waals surface area (Å²) >= 11 is 0. The summed E-state index contributed by atoms with van der Waals surface area (Å²) in [6.07, 6.45) is 3.15. The average molecular weight is 292 g/mol. The van der Waals surface area contributed by atoms with Crippen molar-refractivity contribution in [1.82, 2.24) is 0 Å². The fraction of sp³-hybridized carbons (Fsp3) is 0.533. The Hall–Kier alpha value is -2.11. The Labute approximate surface area is 123 Å². The first-order chi connectivity index (χ1) is 9.88. The number of hydrogen-bond donors (Lipinski definition) is 2. The lowest BCUT2D eigenvalue weighted by atomic mass is 9.85. The Morgan fingerprint density at radius 1 is 1.33 bits per heavy atom. The minimum absolute atomic E-state index is 0.111. The van der Waals surface area contributed by atoms with E-state index in [1.54, 1.807) is 19.1 Å². The molecule has 0 aromatic heterocycles. The number of carboxylic acid groups (broad SMARTS) is 1. The first-order valence-corrected chi connectivity index (χ1v) is 7.13. The Morgan fingerprint density at radius 2 is 2.05 bits per heavy atom. The van der Waals surface area contributed by atoms with E-state index in [0.717, 1.165) is 30.5 Å². The molecule has 6 heteroatoms. The Bertz CT molecular complexity index is 571. The molecule has 2 atom stereocenters. The van der Waals surface area contributed by atoms with Gasteiger partial charge >= 0.3 is 5.97 Å². The lowest BCUT2D eigenvalue weighted by Gasteiger charge is -2.28. The molecule has 2 N–H and O–H groups in total.